The van der Waals surface area contributed by atoms with Crippen molar-refractivity contribution in [3.8, 4) is 5.75 Å². The molecule has 0 aromatic heterocycles. The SMILES string of the molecule is COc1ccc([C@@H]2CCCN2CC(=O)N(C)[C@@H](C)c2ccccc2)cc1. The van der Waals surface area contributed by atoms with Gasteiger partial charge in [0.25, 0.3) is 0 Å². The number of ether oxygens (including phenoxy) is 1. The van der Waals surface area contributed by atoms with Gasteiger partial charge >= 0.3 is 0 Å². The number of carbonyl (C=O) groups excluding carboxylic acids is 1. The quantitative estimate of drug-likeness (QED) is 0.786. The number of methoxy groups -OCH3 is 1. The molecule has 2 aromatic carbocycles. The predicted molar refractivity (Wildman–Crippen MR) is 104 cm³/mol. The van der Waals surface area contributed by atoms with Gasteiger partial charge in [-0.3, -0.25) is 9.69 Å². The molecule has 0 saturated carbocycles. The van der Waals surface area contributed by atoms with Gasteiger partial charge in [-0.25, -0.2) is 0 Å². The topological polar surface area (TPSA) is 32.8 Å². The van der Waals surface area contributed by atoms with Crippen molar-refractivity contribution in [3.05, 3.63) is 65.7 Å². The van der Waals surface area contributed by atoms with E-state index in [4.69, 9.17) is 4.74 Å². The van der Waals surface area contributed by atoms with Gasteiger partial charge in [0.15, 0.2) is 0 Å². The van der Waals surface area contributed by atoms with E-state index in [1.807, 2.05) is 42.3 Å². The molecule has 3 rings (SSSR count). The molecule has 1 amide bonds. The van der Waals surface area contributed by atoms with Gasteiger partial charge in [0.05, 0.1) is 19.7 Å². The van der Waals surface area contributed by atoms with E-state index in [0.29, 0.717) is 12.6 Å². The molecule has 0 bridgehead atoms. The van der Waals surface area contributed by atoms with Crippen LogP contribution in [-0.2, 0) is 4.79 Å². The van der Waals surface area contributed by atoms with Crippen molar-refractivity contribution in [3.63, 3.8) is 0 Å². The molecule has 0 radical (unpaired) electrons. The van der Waals surface area contributed by atoms with Crippen molar-refractivity contribution in [1.29, 1.82) is 0 Å². The van der Waals surface area contributed by atoms with Crippen LogP contribution in [0.15, 0.2) is 54.6 Å². The number of nitrogens with zero attached hydrogens (tertiary/aromatic N) is 2. The molecule has 0 aliphatic carbocycles. The third-order valence-corrected chi connectivity index (χ3v) is 5.46. The van der Waals surface area contributed by atoms with E-state index in [9.17, 15) is 4.79 Å². The molecule has 4 nitrogen and oxygen atoms in total. The van der Waals surface area contributed by atoms with E-state index in [-0.39, 0.29) is 11.9 Å². The second-order valence-electron chi connectivity index (χ2n) is 6.99. The first-order valence-electron chi connectivity index (χ1n) is 9.28. The Balaban J connectivity index is 1.65. The summed E-state index contributed by atoms with van der Waals surface area (Å²) in [6.45, 7) is 3.51. The van der Waals surface area contributed by atoms with Crippen molar-refractivity contribution in [2.24, 2.45) is 0 Å². The lowest BCUT2D eigenvalue weighted by atomic mass is 10.0. The summed E-state index contributed by atoms with van der Waals surface area (Å²) in [5.41, 5.74) is 2.42. The Kier molecular flexibility index (Phi) is 5.94. The predicted octanol–water partition coefficient (Wildman–Crippen LogP) is 4.05. The fourth-order valence-electron chi connectivity index (χ4n) is 3.68. The standard InChI is InChI=1S/C22H28N2O2/c1-17(18-8-5-4-6-9-18)23(2)22(25)16-24-15-7-10-21(24)19-11-13-20(26-3)14-12-19/h4-6,8-9,11-14,17,21H,7,10,15-16H2,1-3H3/t17-,21-/m0/s1. The van der Waals surface area contributed by atoms with Crippen LogP contribution >= 0.6 is 0 Å². The number of rotatable bonds is 6. The maximum absolute atomic E-state index is 12.9. The summed E-state index contributed by atoms with van der Waals surface area (Å²) in [5.74, 6) is 1.03. The van der Waals surface area contributed by atoms with Crippen LogP contribution in [0.4, 0.5) is 0 Å². The highest BCUT2D eigenvalue weighted by Gasteiger charge is 2.29. The second kappa shape index (κ2) is 8.37. The molecule has 2 aromatic rings. The highest BCUT2D eigenvalue weighted by molar-refractivity contribution is 5.78. The molecule has 1 heterocycles. The molecule has 1 fully saturated rings. The number of hydrogen-bond donors (Lipinski definition) is 0. The number of benzene rings is 2. The zero-order valence-corrected chi connectivity index (χ0v) is 15.9. The lowest BCUT2D eigenvalue weighted by molar-refractivity contribution is -0.133. The van der Waals surface area contributed by atoms with E-state index in [1.165, 1.54) is 5.56 Å². The molecule has 2 atom stereocenters. The van der Waals surface area contributed by atoms with Crippen molar-refractivity contribution < 1.29 is 9.53 Å². The summed E-state index contributed by atoms with van der Waals surface area (Å²) < 4.78 is 5.25. The van der Waals surface area contributed by atoms with Crippen LogP contribution in [0.25, 0.3) is 0 Å². The van der Waals surface area contributed by atoms with Crippen molar-refractivity contribution in [1.82, 2.24) is 9.80 Å². The third kappa shape index (κ3) is 4.07. The first kappa shape index (κ1) is 18.5. The number of amides is 1. The summed E-state index contributed by atoms with van der Waals surface area (Å²) in [5, 5.41) is 0. The Hall–Kier alpha value is -2.33. The smallest absolute Gasteiger partial charge is 0.237 e. The van der Waals surface area contributed by atoms with Crippen LogP contribution in [0.2, 0.25) is 0 Å². The Morgan fingerprint density at radius 1 is 1.19 bits per heavy atom. The van der Waals surface area contributed by atoms with Crippen LogP contribution in [0.1, 0.15) is 43.0 Å². The van der Waals surface area contributed by atoms with Gasteiger partial charge in [0, 0.05) is 13.1 Å². The number of hydrogen-bond acceptors (Lipinski definition) is 3. The largest absolute Gasteiger partial charge is 0.497 e. The Bertz CT molecular complexity index is 715. The highest BCUT2D eigenvalue weighted by atomic mass is 16.5. The fraction of sp³-hybridized carbons (Fsp3) is 0.409. The minimum atomic E-state index is 0.0748. The minimum absolute atomic E-state index is 0.0748. The van der Waals surface area contributed by atoms with Gasteiger partial charge in [0.2, 0.25) is 5.91 Å². The molecule has 0 spiro atoms. The molecular weight excluding hydrogens is 324 g/mol. The highest BCUT2D eigenvalue weighted by Crippen LogP contribution is 2.32. The molecule has 26 heavy (non-hydrogen) atoms. The first-order valence-corrected chi connectivity index (χ1v) is 9.28. The Morgan fingerprint density at radius 3 is 2.54 bits per heavy atom. The zero-order valence-electron chi connectivity index (χ0n) is 15.9. The Morgan fingerprint density at radius 2 is 1.88 bits per heavy atom. The molecule has 1 aliphatic rings. The average Bonchev–Trinajstić information content (AvgIpc) is 3.15. The van der Waals surface area contributed by atoms with Crippen LogP contribution in [-0.4, -0.2) is 43.0 Å². The summed E-state index contributed by atoms with van der Waals surface area (Å²) >= 11 is 0. The van der Waals surface area contributed by atoms with Crippen molar-refractivity contribution in [2.75, 3.05) is 27.2 Å². The van der Waals surface area contributed by atoms with Gasteiger partial charge in [-0.2, -0.15) is 0 Å². The first-order chi connectivity index (χ1) is 12.6. The third-order valence-electron chi connectivity index (χ3n) is 5.46. The minimum Gasteiger partial charge on any atom is -0.497 e. The van der Waals surface area contributed by atoms with Crippen LogP contribution < -0.4 is 4.74 Å². The van der Waals surface area contributed by atoms with Gasteiger partial charge < -0.3 is 9.64 Å². The van der Waals surface area contributed by atoms with Gasteiger partial charge in [-0.1, -0.05) is 42.5 Å². The summed E-state index contributed by atoms with van der Waals surface area (Å²) in [6.07, 6.45) is 2.22. The Labute approximate surface area is 156 Å². The summed E-state index contributed by atoms with van der Waals surface area (Å²) in [7, 11) is 3.58. The van der Waals surface area contributed by atoms with Gasteiger partial charge in [-0.15, -0.1) is 0 Å². The van der Waals surface area contributed by atoms with Gasteiger partial charge in [0.1, 0.15) is 5.75 Å². The average molecular weight is 352 g/mol. The van der Waals surface area contributed by atoms with Crippen LogP contribution in [0.3, 0.4) is 0 Å². The monoisotopic (exact) mass is 352 g/mol. The number of carbonyl (C=O) groups is 1. The van der Waals surface area contributed by atoms with E-state index >= 15 is 0 Å². The lowest BCUT2D eigenvalue weighted by Crippen LogP contribution is -2.39. The maximum Gasteiger partial charge on any atom is 0.237 e. The van der Waals surface area contributed by atoms with E-state index in [0.717, 1.165) is 30.7 Å². The van der Waals surface area contributed by atoms with E-state index in [2.05, 4.69) is 36.1 Å². The van der Waals surface area contributed by atoms with Crippen molar-refractivity contribution in [2.45, 2.75) is 31.8 Å². The molecule has 1 aliphatic heterocycles. The molecule has 1 saturated heterocycles. The lowest BCUT2D eigenvalue weighted by Gasteiger charge is -2.30. The number of likely N-dealkylation sites (N-methyl/N-ethyl adjacent to an activating group) is 1. The van der Waals surface area contributed by atoms with E-state index in [1.54, 1.807) is 7.11 Å². The summed E-state index contributed by atoms with van der Waals surface area (Å²) in [4.78, 5) is 17.0. The summed E-state index contributed by atoms with van der Waals surface area (Å²) in [6, 6.07) is 18.8. The van der Waals surface area contributed by atoms with E-state index < -0.39 is 0 Å². The molecule has 138 valence electrons. The van der Waals surface area contributed by atoms with Crippen molar-refractivity contribution >= 4 is 5.91 Å². The van der Waals surface area contributed by atoms with Crippen LogP contribution in [0.5, 0.6) is 5.75 Å². The second-order valence-corrected chi connectivity index (χ2v) is 6.99. The molecule has 4 heteroatoms. The fourth-order valence-corrected chi connectivity index (χ4v) is 3.68. The number of likely N-dealkylation sites (tertiary alicyclic amines) is 1. The molecule has 0 unspecified atom stereocenters. The molecular formula is C22H28N2O2. The van der Waals surface area contributed by atoms with Gasteiger partial charge in [-0.05, 0) is 49.6 Å². The molecule has 0 N–H and O–H groups in total. The zero-order chi connectivity index (χ0) is 18.5. The maximum atomic E-state index is 12.9. The normalized spacial score (nSPS) is 18.5. The van der Waals surface area contributed by atoms with Crippen LogP contribution in [0, 0.1) is 0 Å².